The maximum Gasteiger partial charge on any atom is 0.280 e. The van der Waals surface area contributed by atoms with Crippen molar-refractivity contribution in [2.45, 2.75) is 20.3 Å². The third-order valence-electron chi connectivity index (χ3n) is 5.05. The van der Waals surface area contributed by atoms with E-state index in [1.54, 1.807) is 17.9 Å². The lowest BCUT2D eigenvalue weighted by Crippen LogP contribution is -2.03. The summed E-state index contributed by atoms with van der Waals surface area (Å²) in [6.45, 7) is 4.50. The van der Waals surface area contributed by atoms with Crippen LogP contribution < -0.4 is 10.9 Å². The number of rotatable bonds is 4. The second kappa shape index (κ2) is 6.81. The summed E-state index contributed by atoms with van der Waals surface area (Å²) in [5, 5.41) is 8.66. The van der Waals surface area contributed by atoms with Gasteiger partial charge in [-0.2, -0.15) is 5.10 Å². The Morgan fingerprint density at radius 1 is 1.23 bits per heavy atom. The highest BCUT2D eigenvalue weighted by Crippen LogP contribution is 2.43. The number of hydrogen-bond donors (Lipinski definition) is 2. The lowest BCUT2D eigenvalue weighted by molar-refractivity contribution is 0.146. The lowest BCUT2D eigenvalue weighted by Gasteiger charge is -2.07. The predicted octanol–water partition coefficient (Wildman–Crippen LogP) is 4.83. The molecule has 5 heterocycles. The van der Waals surface area contributed by atoms with Gasteiger partial charge in [-0.3, -0.25) is 9.48 Å². The Balaban J connectivity index is 1.94. The van der Waals surface area contributed by atoms with E-state index >= 15 is 0 Å². The zero-order valence-electron chi connectivity index (χ0n) is 16.2. The second-order valence-electron chi connectivity index (χ2n) is 6.83. The Hall–Kier alpha value is -2.92. The molecule has 0 fully saturated rings. The first kappa shape index (κ1) is 19.1. The van der Waals surface area contributed by atoms with Crippen molar-refractivity contribution in [1.29, 1.82) is 0 Å². The van der Waals surface area contributed by atoms with Crippen molar-refractivity contribution in [3.8, 4) is 11.1 Å². The molecule has 5 rings (SSSR count). The Labute approximate surface area is 176 Å². The fourth-order valence-corrected chi connectivity index (χ4v) is 5.67. The van der Waals surface area contributed by atoms with Crippen LogP contribution in [0.15, 0.2) is 17.1 Å². The normalized spacial score (nSPS) is 12.1. The first-order chi connectivity index (χ1) is 14.4. The number of thiophene rings is 1. The highest BCUT2D eigenvalue weighted by molar-refractivity contribution is 7.27. The number of H-pyrrole nitrogens is 1. The molecule has 0 aliphatic carbocycles. The van der Waals surface area contributed by atoms with Crippen molar-refractivity contribution >= 4 is 58.5 Å². The number of nitrogens with zero attached hydrogens (tertiary/aromatic N) is 4. The molecule has 30 heavy (non-hydrogen) atoms. The monoisotopic (exact) mass is 446 g/mol. The highest BCUT2D eigenvalue weighted by atomic mass is 32.1. The van der Waals surface area contributed by atoms with Crippen molar-refractivity contribution in [1.82, 2.24) is 24.7 Å². The van der Waals surface area contributed by atoms with E-state index in [2.05, 4.69) is 25.4 Å². The zero-order valence-corrected chi connectivity index (χ0v) is 17.8. The van der Waals surface area contributed by atoms with E-state index < -0.39 is 6.43 Å². The maximum absolute atomic E-state index is 13.6. The van der Waals surface area contributed by atoms with Crippen LogP contribution in [0.3, 0.4) is 0 Å². The van der Waals surface area contributed by atoms with Crippen LogP contribution in [-0.4, -0.2) is 31.3 Å². The molecule has 0 bridgehead atoms. The van der Waals surface area contributed by atoms with Crippen LogP contribution in [0, 0.1) is 6.92 Å². The molecule has 154 valence electrons. The smallest absolute Gasteiger partial charge is 0.280 e. The number of hydrogen-bond acceptors (Lipinski definition) is 7. The first-order valence-electron chi connectivity index (χ1n) is 9.20. The molecule has 11 heteroatoms. The van der Waals surface area contributed by atoms with Crippen molar-refractivity contribution in [2.24, 2.45) is 7.05 Å². The van der Waals surface area contributed by atoms with E-state index in [1.807, 2.05) is 13.8 Å². The van der Waals surface area contributed by atoms with Gasteiger partial charge in [-0.1, -0.05) is 11.3 Å². The number of thiazole rings is 1. The molecule has 0 amide bonds. The SMILES string of the molecule is CCNc1nc2c(s1)c(=O)[nH]c1c2sc2nc(C(F)F)cc(-c3cnn(C)c3C)c21. The number of anilines is 1. The van der Waals surface area contributed by atoms with Crippen LogP contribution in [0.1, 0.15) is 24.7 Å². The van der Waals surface area contributed by atoms with Crippen LogP contribution >= 0.6 is 22.7 Å². The minimum Gasteiger partial charge on any atom is -0.362 e. The van der Waals surface area contributed by atoms with Gasteiger partial charge in [0, 0.05) is 30.2 Å². The third kappa shape index (κ3) is 2.72. The molecule has 0 aliphatic rings. The van der Waals surface area contributed by atoms with Gasteiger partial charge in [0.05, 0.1) is 16.4 Å². The average molecular weight is 447 g/mol. The van der Waals surface area contributed by atoms with E-state index in [0.717, 1.165) is 16.0 Å². The summed E-state index contributed by atoms with van der Waals surface area (Å²) in [4.78, 5) is 24.9. The van der Waals surface area contributed by atoms with Crippen molar-refractivity contribution in [3.63, 3.8) is 0 Å². The summed E-state index contributed by atoms with van der Waals surface area (Å²) in [5.41, 5.74) is 2.68. The van der Waals surface area contributed by atoms with Crippen LogP contribution in [0.5, 0.6) is 0 Å². The van der Waals surface area contributed by atoms with Gasteiger partial charge in [0.15, 0.2) is 5.13 Å². The number of aryl methyl sites for hydroxylation is 1. The summed E-state index contributed by atoms with van der Waals surface area (Å²) in [7, 11) is 1.79. The van der Waals surface area contributed by atoms with Gasteiger partial charge in [0.1, 0.15) is 20.7 Å². The number of fused-ring (bicyclic) bond motifs is 5. The van der Waals surface area contributed by atoms with E-state index in [-0.39, 0.29) is 11.3 Å². The number of pyridine rings is 2. The Morgan fingerprint density at radius 3 is 2.70 bits per heavy atom. The zero-order chi connectivity index (χ0) is 21.2. The molecular formula is C19H16F2N6OS2. The van der Waals surface area contributed by atoms with Crippen molar-refractivity contribution < 1.29 is 8.78 Å². The fraction of sp³-hybridized carbons (Fsp3) is 0.263. The first-order valence-corrected chi connectivity index (χ1v) is 10.8. The summed E-state index contributed by atoms with van der Waals surface area (Å²) in [6.07, 6.45) is -1.07. The molecule has 0 aromatic carbocycles. The molecule has 0 saturated carbocycles. The average Bonchev–Trinajstić information content (AvgIpc) is 3.38. The molecule has 5 aromatic heterocycles. The Bertz CT molecular complexity index is 1500. The van der Waals surface area contributed by atoms with Gasteiger partial charge < -0.3 is 10.3 Å². The number of aromatic nitrogens is 5. The summed E-state index contributed by atoms with van der Waals surface area (Å²) in [6, 6.07) is 1.39. The molecule has 0 radical (unpaired) electrons. The molecule has 7 nitrogen and oxygen atoms in total. The third-order valence-corrected chi connectivity index (χ3v) is 7.15. The van der Waals surface area contributed by atoms with Gasteiger partial charge in [-0.05, 0) is 25.5 Å². The van der Waals surface area contributed by atoms with Crippen LogP contribution in [0.4, 0.5) is 13.9 Å². The number of aromatic amines is 1. The molecule has 5 aromatic rings. The predicted molar refractivity (Wildman–Crippen MR) is 117 cm³/mol. The van der Waals surface area contributed by atoms with Gasteiger partial charge in [0.25, 0.3) is 12.0 Å². The number of halogens is 2. The molecule has 0 atom stereocenters. The topological polar surface area (TPSA) is 88.5 Å². The standard InChI is InChI=1S/C19H16F2N6OS2/c1-4-22-19-26-13-14-12(25-17(28)15(13)30-19)11-8(9-6-23-27(3)7(9)2)5-10(16(20)21)24-18(11)29-14/h5-6,16H,4H2,1-3H3,(H,22,26)(H,25,28). The molecule has 0 spiro atoms. The van der Waals surface area contributed by atoms with Gasteiger partial charge in [-0.25, -0.2) is 18.7 Å². The largest absolute Gasteiger partial charge is 0.362 e. The van der Waals surface area contributed by atoms with Gasteiger partial charge in [0.2, 0.25) is 0 Å². The van der Waals surface area contributed by atoms with Gasteiger partial charge >= 0.3 is 0 Å². The summed E-state index contributed by atoms with van der Waals surface area (Å²) >= 11 is 2.53. The molecule has 0 aliphatic heterocycles. The van der Waals surface area contributed by atoms with Crippen LogP contribution in [0.25, 0.3) is 41.8 Å². The Morgan fingerprint density at radius 2 is 2.03 bits per heavy atom. The molecule has 0 unspecified atom stereocenters. The minimum absolute atomic E-state index is 0.259. The van der Waals surface area contributed by atoms with E-state index in [1.165, 1.54) is 28.7 Å². The number of nitrogens with one attached hydrogen (secondary N) is 2. The quantitative estimate of drug-likeness (QED) is 0.413. The molecule has 2 N–H and O–H groups in total. The molecule has 0 saturated heterocycles. The van der Waals surface area contributed by atoms with E-state index in [0.29, 0.717) is 43.2 Å². The van der Waals surface area contributed by atoms with E-state index in [9.17, 15) is 13.6 Å². The highest BCUT2D eigenvalue weighted by Gasteiger charge is 2.23. The summed E-state index contributed by atoms with van der Waals surface area (Å²) < 4.78 is 30.1. The Kier molecular flexibility index (Phi) is 4.33. The van der Waals surface area contributed by atoms with Gasteiger partial charge in [-0.15, -0.1) is 11.3 Å². The second-order valence-corrected chi connectivity index (χ2v) is 8.83. The van der Waals surface area contributed by atoms with Crippen molar-refractivity contribution in [2.75, 3.05) is 11.9 Å². The maximum atomic E-state index is 13.6. The van der Waals surface area contributed by atoms with Crippen molar-refractivity contribution in [3.05, 3.63) is 34.0 Å². The lowest BCUT2D eigenvalue weighted by atomic mass is 10.0. The van der Waals surface area contributed by atoms with Crippen LogP contribution in [-0.2, 0) is 7.05 Å². The summed E-state index contributed by atoms with van der Waals surface area (Å²) in [5.74, 6) is 0. The molecular weight excluding hydrogens is 430 g/mol. The van der Waals surface area contributed by atoms with E-state index in [4.69, 9.17) is 0 Å². The number of alkyl halides is 2. The van der Waals surface area contributed by atoms with Crippen LogP contribution in [0.2, 0.25) is 0 Å². The fourth-order valence-electron chi connectivity index (χ4n) is 3.52. The minimum atomic E-state index is -2.71.